The molecule has 3 nitrogen and oxygen atoms in total. The van der Waals surface area contributed by atoms with Crippen LogP contribution in [0.4, 0.5) is 0 Å². The maximum absolute atomic E-state index is 6.18. The van der Waals surface area contributed by atoms with Gasteiger partial charge in [-0.2, -0.15) is 0 Å². The van der Waals surface area contributed by atoms with Gasteiger partial charge in [0.1, 0.15) is 0 Å². The molecular weight excluding hydrogens is 256 g/mol. The van der Waals surface area contributed by atoms with Gasteiger partial charge in [-0.1, -0.05) is 26.8 Å². The predicted molar refractivity (Wildman–Crippen MR) is 83.1 cm³/mol. The number of hydrogen-bond donors (Lipinski definition) is 0. The average Bonchev–Trinajstić information content (AvgIpc) is 2.38. The van der Waals surface area contributed by atoms with Crippen molar-refractivity contribution in [3.05, 3.63) is 11.8 Å². The van der Waals surface area contributed by atoms with E-state index in [9.17, 15) is 0 Å². The highest BCUT2D eigenvalue weighted by Gasteiger charge is 2.42. The summed E-state index contributed by atoms with van der Waals surface area (Å²) in [7, 11) is -2.73. The minimum Gasteiger partial charge on any atom is -0.368 e. The van der Waals surface area contributed by atoms with Crippen LogP contribution in [0.5, 0.6) is 0 Å². The second-order valence-electron chi connectivity index (χ2n) is 5.11. The third-order valence-corrected chi connectivity index (χ3v) is 6.13. The normalized spacial score (nSPS) is 20.2. The zero-order chi connectivity index (χ0) is 14.9. The first kappa shape index (κ1) is 18.8. The van der Waals surface area contributed by atoms with E-state index in [0.29, 0.717) is 0 Å². The van der Waals surface area contributed by atoms with Gasteiger partial charge in [0.15, 0.2) is 0 Å². The lowest BCUT2D eigenvalue weighted by Crippen LogP contribution is -2.50. The van der Waals surface area contributed by atoms with Gasteiger partial charge in [-0.05, 0) is 52.7 Å². The molecular formula is C15H32O3Si. The van der Waals surface area contributed by atoms with Gasteiger partial charge in [0, 0.05) is 18.3 Å². The summed E-state index contributed by atoms with van der Waals surface area (Å²) >= 11 is 0. The van der Waals surface area contributed by atoms with Crippen molar-refractivity contribution in [1.29, 1.82) is 0 Å². The molecule has 0 aliphatic carbocycles. The quantitative estimate of drug-likeness (QED) is 0.554. The van der Waals surface area contributed by atoms with Gasteiger partial charge >= 0.3 is 8.80 Å². The van der Waals surface area contributed by atoms with Crippen molar-refractivity contribution in [2.75, 3.05) is 0 Å². The van der Waals surface area contributed by atoms with E-state index in [2.05, 4.69) is 41.5 Å². The van der Waals surface area contributed by atoms with Crippen LogP contribution in [0, 0.1) is 0 Å². The van der Waals surface area contributed by atoms with Crippen molar-refractivity contribution in [2.45, 2.75) is 86.0 Å². The first-order valence-electron chi connectivity index (χ1n) is 7.60. The van der Waals surface area contributed by atoms with Crippen LogP contribution in [0.2, 0.25) is 0 Å². The zero-order valence-electron chi connectivity index (χ0n) is 13.7. The zero-order valence-corrected chi connectivity index (χ0v) is 14.7. The summed E-state index contributed by atoms with van der Waals surface area (Å²) in [5, 5.41) is 0. The van der Waals surface area contributed by atoms with Crippen LogP contribution in [-0.4, -0.2) is 27.1 Å². The molecule has 0 N–H and O–H groups in total. The van der Waals surface area contributed by atoms with Crippen LogP contribution in [0.3, 0.4) is 0 Å². The Labute approximate surface area is 120 Å². The summed E-state index contributed by atoms with van der Waals surface area (Å²) in [5.74, 6) is 0. The molecule has 0 heterocycles. The lowest BCUT2D eigenvalue weighted by atomic mass is 10.3. The van der Waals surface area contributed by atoms with Gasteiger partial charge in [0.05, 0.1) is 0 Å². The van der Waals surface area contributed by atoms with Gasteiger partial charge in [0.25, 0.3) is 0 Å². The molecule has 0 aliphatic heterocycles. The molecule has 0 fully saturated rings. The van der Waals surface area contributed by atoms with Crippen LogP contribution in [0.15, 0.2) is 11.8 Å². The van der Waals surface area contributed by atoms with Crippen molar-refractivity contribution in [3.63, 3.8) is 0 Å². The topological polar surface area (TPSA) is 27.7 Å². The summed E-state index contributed by atoms with van der Waals surface area (Å²) in [5.41, 5.74) is 2.01. The Morgan fingerprint density at radius 1 is 0.789 bits per heavy atom. The highest BCUT2D eigenvalue weighted by atomic mass is 28.4. The van der Waals surface area contributed by atoms with Gasteiger partial charge in [-0.25, -0.2) is 0 Å². The summed E-state index contributed by atoms with van der Waals surface area (Å²) in [6, 6.07) is 0. The second-order valence-corrected chi connectivity index (χ2v) is 7.36. The monoisotopic (exact) mass is 288 g/mol. The van der Waals surface area contributed by atoms with Crippen LogP contribution >= 0.6 is 0 Å². The lowest BCUT2D eigenvalue weighted by Gasteiger charge is -2.34. The Morgan fingerprint density at radius 3 is 1.32 bits per heavy atom. The van der Waals surface area contributed by atoms with E-state index in [0.717, 1.165) is 19.3 Å². The molecule has 0 aromatic heterocycles. The molecule has 0 aliphatic rings. The van der Waals surface area contributed by atoms with Gasteiger partial charge < -0.3 is 13.3 Å². The summed E-state index contributed by atoms with van der Waals surface area (Å²) in [4.78, 5) is 0. The van der Waals surface area contributed by atoms with Crippen LogP contribution in [0.1, 0.15) is 67.7 Å². The van der Waals surface area contributed by atoms with Crippen LogP contribution in [-0.2, 0) is 13.3 Å². The molecule has 4 heteroatoms. The maximum Gasteiger partial charge on any atom is 0.529 e. The Hall–Kier alpha value is -0.163. The van der Waals surface area contributed by atoms with E-state index >= 15 is 0 Å². The van der Waals surface area contributed by atoms with Crippen molar-refractivity contribution in [3.8, 4) is 0 Å². The van der Waals surface area contributed by atoms with Gasteiger partial charge in [-0.3, -0.25) is 0 Å². The first-order valence-corrected chi connectivity index (χ1v) is 9.40. The molecule has 0 spiro atoms. The van der Waals surface area contributed by atoms with E-state index < -0.39 is 8.80 Å². The first-order chi connectivity index (χ1) is 8.92. The molecule has 0 saturated carbocycles. The van der Waals surface area contributed by atoms with Crippen LogP contribution in [0.25, 0.3) is 0 Å². The molecule has 0 amide bonds. The van der Waals surface area contributed by atoms with Crippen molar-refractivity contribution >= 4 is 8.80 Å². The molecule has 0 bridgehead atoms. The van der Waals surface area contributed by atoms with E-state index in [4.69, 9.17) is 13.3 Å². The summed E-state index contributed by atoms with van der Waals surface area (Å²) in [6.07, 6.45) is 5.31. The minimum atomic E-state index is -2.73. The lowest BCUT2D eigenvalue weighted by molar-refractivity contribution is -0.000615. The minimum absolute atomic E-state index is 0.149. The Balaban J connectivity index is 5.08. The Morgan fingerprint density at radius 2 is 1.11 bits per heavy atom. The average molecular weight is 289 g/mol. The van der Waals surface area contributed by atoms with E-state index in [1.165, 1.54) is 0 Å². The molecule has 0 saturated heterocycles. The SMILES string of the molecule is CC=C[Si](OC(C)CC)(OC(C)CC)OC(C)CC. The van der Waals surface area contributed by atoms with Crippen molar-refractivity contribution < 1.29 is 13.3 Å². The smallest absolute Gasteiger partial charge is 0.368 e. The Bertz CT molecular complexity index is 224. The summed E-state index contributed by atoms with van der Waals surface area (Å²) < 4.78 is 18.5. The van der Waals surface area contributed by atoms with Gasteiger partial charge in [-0.15, -0.1) is 0 Å². The van der Waals surface area contributed by atoms with Crippen molar-refractivity contribution in [1.82, 2.24) is 0 Å². The molecule has 0 rings (SSSR count). The molecule has 3 unspecified atom stereocenters. The molecule has 19 heavy (non-hydrogen) atoms. The number of allylic oxidation sites excluding steroid dienone is 1. The number of hydrogen-bond acceptors (Lipinski definition) is 3. The summed E-state index contributed by atoms with van der Waals surface area (Å²) in [6.45, 7) is 14.6. The van der Waals surface area contributed by atoms with Crippen LogP contribution < -0.4 is 0 Å². The fourth-order valence-corrected chi connectivity index (χ4v) is 4.49. The van der Waals surface area contributed by atoms with E-state index in [1.807, 2.05) is 18.7 Å². The predicted octanol–water partition coefficient (Wildman–Crippen LogP) is 4.49. The fraction of sp³-hybridized carbons (Fsp3) is 0.867. The molecule has 114 valence electrons. The standard InChI is InChI=1S/C15H32O3Si/c1-8-12-19(16-13(5)9-2,17-14(6)10-3)18-15(7)11-4/h8,12-15H,9-11H2,1-7H3. The third kappa shape index (κ3) is 7.25. The molecule has 0 radical (unpaired) electrons. The highest BCUT2D eigenvalue weighted by molar-refractivity contribution is 6.66. The number of rotatable bonds is 10. The van der Waals surface area contributed by atoms with Gasteiger partial charge in [0.2, 0.25) is 0 Å². The fourth-order valence-electron chi connectivity index (χ4n) is 1.50. The van der Waals surface area contributed by atoms with E-state index in [1.54, 1.807) is 0 Å². The largest absolute Gasteiger partial charge is 0.529 e. The highest BCUT2D eigenvalue weighted by Crippen LogP contribution is 2.21. The molecule has 0 aromatic carbocycles. The van der Waals surface area contributed by atoms with Crippen molar-refractivity contribution in [2.24, 2.45) is 0 Å². The second kappa shape index (κ2) is 9.70. The molecule has 0 aromatic rings. The van der Waals surface area contributed by atoms with E-state index in [-0.39, 0.29) is 18.3 Å². The maximum atomic E-state index is 6.18. The Kier molecular flexibility index (Phi) is 9.61. The molecule has 3 atom stereocenters. The third-order valence-electron chi connectivity index (χ3n) is 3.19.